The number of allylic oxidation sites excluding steroid dienone is 2. The maximum Gasteiger partial charge on any atom is 0.341 e. The summed E-state index contributed by atoms with van der Waals surface area (Å²) in [5.74, 6) is -0.289. The van der Waals surface area contributed by atoms with Gasteiger partial charge in [-0.1, -0.05) is 30.4 Å². The molecule has 0 bridgehead atoms. The number of fused-ring (bicyclic) bond motifs is 1. The molecule has 2 rings (SSSR count). The third kappa shape index (κ3) is 5.87. The van der Waals surface area contributed by atoms with E-state index in [0.717, 1.165) is 18.4 Å². The van der Waals surface area contributed by atoms with Crippen molar-refractivity contribution in [1.29, 1.82) is 0 Å². The van der Waals surface area contributed by atoms with E-state index < -0.39 is 5.97 Å². The van der Waals surface area contributed by atoms with E-state index in [4.69, 9.17) is 15.6 Å². The van der Waals surface area contributed by atoms with Crippen molar-refractivity contribution in [3.05, 3.63) is 47.1 Å². The Labute approximate surface area is 148 Å². The average molecular weight is 343 g/mol. The number of aryl methyl sites for hydroxylation is 1. The van der Waals surface area contributed by atoms with Crippen LogP contribution in [-0.4, -0.2) is 30.1 Å². The number of aliphatic hydroxyl groups excluding tert-OH is 1. The van der Waals surface area contributed by atoms with E-state index in [1.807, 2.05) is 18.2 Å². The molecule has 0 saturated carbocycles. The van der Waals surface area contributed by atoms with Gasteiger partial charge in [0, 0.05) is 25.1 Å². The number of esters is 1. The third-order valence-electron chi connectivity index (χ3n) is 4.03. The van der Waals surface area contributed by atoms with Crippen LogP contribution in [0.25, 0.3) is 6.08 Å². The van der Waals surface area contributed by atoms with Crippen molar-refractivity contribution in [2.24, 2.45) is 0 Å². The number of cyclic esters (lactones) is 1. The van der Waals surface area contributed by atoms with Gasteiger partial charge in [0.25, 0.3) is 0 Å². The summed E-state index contributed by atoms with van der Waals surface area (Å²) in [6, 6.07) is 3.67. The minimum absolute atomic E-state index is 0.106. The highest BCUT2D eigenvalue weighted by atomic mass is 16.5. The summed E-state index contributed by atoms with van der Waals surface area (Å²) in [7, 11) is 0. The van der Waals surface area contributed by atoms with Gasteiger partial charge in [-0.3, -0.25) is 4.79 Å². The number of rotatable bonds is 3. The number of nitrogen functional groups attached to an aromatic ring is 1. The largest absolute Gasteiger partial charge is 0.458 e. The van der Waals surface area contributed by atoms with E-state index in [-0.39, 0.29) is 19.0 Å². The minimum Gasteiger partial charge on any atom is -0.458 e. The van der Waals surface area contributed by atoms with Crippen molar-refractivity contribution in [2.75, 3.05) is 18.9 Å². The number of nitrogens with two attached hydrogens (primary N) is 1. The second-order valence-corrected chi connectivity index (χ2v) is 6.08. The molecule has 5 nitrogen and oxygen atoms in total. The van der Waals surface area contributed by atoms with Crippen LogP contribution in [0.5, 0.6) is 0 Å². The van der Waals surface area contributed by atoms with E-state index in [0.29, 0.717) is 42.5 Å². The molecular weight excluding hydrogens is 318 g/mol. The first-order valence-electron chi connectivity index (χ1n) is 8.65. The van der Waals surface area contributed by atoms with Crippen LogP contribution in [0.1, 0.15) is 53.6 Å². The van der Waals surface area contributed by atoms with Gasteiger partial charge >= 0.3 is 5.97 Å². The molecule has 1 aromatic rings. The molecule has 1 aromatic carbocycles. The fraction of sp³-hybridized carbons (Fsp3) is 0.400. The fourth-order valence-corrected chi connectivity index (χ4v) is 2.76. The summed E-state index contributed by atoms with van der Waals surface area (Å²) in [4.78, 5) is 24.1. The van der Waals surface area contributed by atoms with Gasteiger partial charge in [-0.05, 0) is 42.9 Å². The standard InChI is InChI=1S/C20H25NO4/c21-18-14-15(7-6-11-22)13-16-8-2-1-3-9-17(23)10-4-5-12-25-20(24)19(16)18/h2,4-5,8,13-14,22H,1,3,6-7,9-12,21H2. The molecule has 3 N–H and O–H groups in total. The van der Waals surface area contributed by atoms with Crippen LogP contribution in [0.3, 0.4) is 0 Å². The summed E-state index contributed by atoms with van der Waals surface area (Å²) < 4.78 is 5.26. The molecule has 0 fully saturated rings. The zero-order valence-corrected chi connectivity index (χ0v) is 14.4. The Hall–Kier alpha value is -2.40. The molecule has 0 saturated heterocycles. The van der Waals surface area contributed by atoms with E-state index in [2.05, 4.69) is 0 Å². The van der Waals surface area contributed by atoms with Crippen molar-refractivity contribution in [3.63, 3.8) is 0 Å². The van der Waals surface area contributed by atoms with Gasteiger partial charge in [-0.2, -0.15) is 0 Å². The van der Waals surface area contributed by atoms with Gasteiger partial charge in [-0.25, -0.2) is 4.79 Å². The van der Waals surface area contributed by atoms with Crippen LogP contribution in [0.15, 0.2) is 30.4 Å². The van der Waals surface area contributed by atoms with Crippen molar-refractivity contribution >= 4 is 23.5 Å². The summed E-state index contributed by atoms with van der Waals surface area (Å²) in [5, 5.41) is 9.00. The van der Waals surface area contributed by atoms with E-state index in [9.17, 15) is 9.59 Å². The van der Waals surface area contributed by atoms with Gasteiger partial charge < -0.3 is 15.6 Å². The van der Waals surface area contributed by atoms with E-state index in [1.165, 1.54) is 0 Å². The predicted octanol–water partition coefficient (Wildman–Crippen LogP) is 3.06. The highest BCUT2D eigenvalue weighted by Gasteiger charge is 2.16. The first-order valence-corrected chi connectivity index (χ1v) is 8.65. The normalized spacial score (nSPS) is 16.2. The number of benzene rings is 1. The van der Waals surface area contributed by atoms with Crippen LogP contribution >= 0.6 is 0 Å². The Morgan fingerprint density at radius 2 is 2.00 bits per heavy atom. The lowest BCUT2D eigenvalue weighted by atomic mass is 9.98. The Balaban J connectivity index is 2.31. The second kappa shape index (κ2) is 9.79. The van der Waals surface area contributed by atoms with Crippen molar-refractivity contribution in [3.8, 4) is 0 Å². The molecule has 1 heterocycles. The van der Waals surface area contributed by atoms with Crippen LogP contribution in [0.4, 0.5) is 5.69 Å². The Bertz CT molecular complexity index is 677. The highest BCUT2D eigenvalue weighted by molar-refractivity contribution is 5.99. The lowest BCUT2D eigenvalue weighted by Crippen LogP contribution is -2.11. The van der Waals surface area contributed by atoms with Crippen LogP contribution in [-0.2, 0) is 16.0 Å². The first-order chi connectivity index (χ1) is 12.1. The van der Waals surface area contributed by atoms with Crippen LogP contribution < -0.4 is 5.73 Å². The molecule has 0 amide bonds. The lowest BCUT2D eigenvalue weighted by Gasteiger charge is -2.12. The van der Waals surface area contributed by atoms with Gasteiger partial charge in [0.1, 0.15) is 12.4 Å². The predicted molar refractivity (Wildman–Crippen MR) is 98.2 cm³/mol. The minimum atomic E-state index is -0.473. The van der Waals surface area contributed by atoms with Crippen LogP contribution in [0.2, 0.25) is 0 Å². The van der Waals surface area contributed by atoms with Gasteiger partial charge in [0.05, 0.1) is 5.56 Å². The smallest absolute Gasteiger partial charge is 0.341 e. The lowest BCUT2D eigenvalue weighted by molar-refractivity contribution is -0.118. The molecule has 1 aliphatic rings. The van der Waals surface area contributed by atoms with Gasteiger partial charge in [0.2, 0.25) is 0 Å². The summed E-state index contributed by atoms with van der Waals surface area (Å²) in [6.45, 7) is 0.218. The molecule has 5 heteroatoms. The number of hydrogen-bond acceptors (Lipinski definition) is 5. The highest BCUT2D eigenvalue weighted by Crippen LogP contribution is 2.24. The third-order valence-corrected chi connectivity index (χ3v) is 4.03. The quantitative estimate of drug-likeness (QED) is 0.500. The Morgan fingerprint density at radius 1 is 1.16 bits per heavy atom. The van der Waals surface area contributed by atoms with Gasteiger partial charge in [-0.15, -0.1) is 0 Å². The number of aliphatic hydroxyl groups is 1. The molecule has 0 aliphatic carbocycles. The molecule has 0 atom stereocenters. The molecule has 0 spiro atoms. The first kappa shape index (κ1) is 18.9. The number of hydrogen-bond donors (Lipinski definition) is 2. The number of Topliss-reactive ketones (excluding diaryl/α,β-unsaturated/α-hetero) is 1. The SMILES string of the molecule is Nc1cc(CCCO)cc2c1C(=O)OCC=CCC(=O)CCCC=C2. The maximum absolute atomic E-state index is 12.4. The topological polar surface area (TPSA) is 89.6 Å². The average Bonchev–Trinajstić information content (AvgIpc) is 2.58. The summed E-state index contributed by atoms with van der Waals surface area (Å²) in [5.41, 5.74) is 8.53. The molecule has 1 aliphatic heterocycles. The zero-order chi connectivity index (χ0) is 18.1. The molecule has 134 valence electrons. The zero-order valence-electron chi connectivity index (χ0n) is 14.4. The molecule has 0 unspecified atom stereocenters. The maximum atomic E-state index is 12.4. The molecule has 0 radical (unpaired) electrons. The van der Waals surface area contributed by atoms with Gasteiger partial charge in [0.15, 0.2) is 0 Å². The summed E-state index contributed by atoms with van der Waals surface area (Å²) >= 11 is 0. The number of ketones is 1. The Kier molecular flexibility index (Phi) is 7.41. The second-order valence-electron chi connectivity index (χ2n) is 6.08. The fourth-order valence-electron chi connectivity index (χ4n) is 2.76. The monoisotopic (exact) mass is 343 g/mol. The van der Waals surface area contributed by atoms with Crippen LogP contribution in [0, 0.1) is 0 Å². The van der Waals surface area contributed by atoms with Crippen molar-refractivity contribution in [1.82, 2.24) is 0 Å². The summed E-state index contributed by atoms with van der Waals surface area (Å²) in [6.07, 6.45) is 11.0. The number of anilines is 1. The Morgan fingerprint density at radius 3 is 2.80 bits per heavy atom. The van der Waals surface area contributed by atoms with Crippen molar-refractivity contribution < 1.29 is 19.4 Å². The van der Waals surface area contributed by atoms with E-state index in [1.54, 1.807) is 18.2 Å². The number of carbonyl (C=O) groups excluding carboxylic acids is 2. The van der Waals surface area contributed by atoms with E-state index >= 15 is 0 Å². The molecule has 0 aromatic heterocycles. The molecular formula is C20H25NO4. The van der Waals surface area contributed by atoms with Crippen molar-refractivity contribution in [2.45, 2.75) is 38.5 Å². The number of ether oxygens (including phenoxy) is 1. The molecule has 25 heavy (non-hydrogen) atoms. The number of carbonyl (C=O) groups is 2.